The van der Waals surface area contributed by atoms with Crippen molar-refractivity contribution < 1.29 is 23.8 Å². The summed E-state index contributed by atoms with van der Waals surface area (Å²) in [5.74, 6) is 0.449. The van der Waals surface area contributed by atoms with Crippen LogP contribution in [0.4, 0.5) is 5.00 Å². The molecule has 2 aliphatic rings. The molecule has 33 heavy (non-hydrogen) atoms. The topological polar surface area (TPSA) is 77.1 Å². The van der Waals surface area contributed by atoms with Crippen LogP contribution in [-0.2, 0) is 24.2 Å². The SMILES string of the molecule is CCOC(=O)c1c(NC(=O)c2ccc3c(c2)OCO3)sc2c1CCN(Cc1ccccc1)C2. The molecule has 7 nitrogen and oxygen atoms in total. The lowest BCUT2D eigenvalue weighted by Crippen LogP contribution is -2.29. The third-order valence-electron chi connectivity index (χ3n) is 5.73. The molecule has 0 atom stereocenters. The van der Waals surface area contributed by atoms with Crippen molar-refractivity contribution in [3.05, 3.63) is 75.7 Å². The normalized spacial score (nSPS) is 14.6. The second-order valence-corrected chi connectivity index (χ2v) is 9.00. The zero-order valence-corrected chi connectivity index (χ0v) is 19.1. The molecule has 0 fully saturated rings. The summed E-state index contributed by atoms with van der Waals surface area (Å²) in [5, 5.41) is 3.47. The van der Waals surface area contributed by atoms with Crippen molar-refractivity contribution in [1.29, 1.82) is 0 Å². The van der Waals surface area contributed by atoms with Gasteiger partial charge >= 0.3 is 5.97 Å². The molecule has 3 heterocycles. The van der Waals surface area contributed by atoms with Gasteiger partial charge in [-0.25, -0.2) is 4.79 Å². The number of thiophene rings is 1. The first-order valence-corrected chi connectivity index (χ1v) is 11.7. The average Bonchev–Trinajstić information content (AvgIpc) is 3.43. The second kappa shape index (κ2) is 9.25. The number of esters is 1. The molecular formula is C25H24N2O5S. The first kappa shape index (κ1) is 21.5. The molecule has 0 saturated heterocycles. The van der Waals surface area contributed by atoms with Crippen molar-refractivity contribution in [2.45, 2.75) is 26.4 Å². The molecule has 1 amide bonds. The van der Waals surface area contributed by atoms with E-state index in [0.29, 0.717) is 27.6 Å². The Balaban J connectivity index is 1.40. The molecule has 1 N–H and O–H groups in total. The van der Waals surface area contributed by atoms with E-state index in [2.05, 4.69) is 22.3 Å². The van der Waals surface area contributed by atoms with Crippen molar-refractivity contribution >= 4 is 28.2 Å². The van der Waals surface area contributed by atoms with Gasteiger partial charge in [0.25, 0.3) is 5.91 Å². The highest BCUT2D eigenvalue weighted by Crippen LogP contribution is 2.39. The zero-order valence-electron chi connectivity index (χ0n) is 18.3. The fraction of sp³-hybridized carbons (Fsp3) is 0.280. The Bertz CT molecular complexity index is 1190. The van der Waals surface area contributed by atoms with E-state index in [1.54, 1.807) is 25.1 Å². The molecular weight excluding hydrogens is 440 g/mol. The minimum Gasteiger partial charge on any atom is -0.462 e. The Hall–Kier alpha value is -3.36. The number of rotatable bonds is 6. The van der Waals surface area contributed by atoms with Crippen LogP contribution in [0.3, 0.4) is 0 Å². The molecule has 1 aromatic heterocycles. The van der Waals surface area contributed by atoms with Gasteiger partial charge in [0.05, 0.1) is 12.2 Å². The van der Waals surface area contributed by atoms with E-state index in [9.17, 15) is 9.59 Å². The summed E-state index contributed by atoms with van der Waals surface area (Å²) < 4.78 is 16.0. The summed E-state index contributed by atoms with van der Waals surface area (Å²) in [6, 6.07) is 15.4. The molecule has 170 valence electrons. The van der Waals surface area contributed by atoms with Crippen LogP contribution in [0.5, 0.6) is 11.5 Å². The Morgan fingerprint density at radius 3 is 2.76 bits per heavy atom. The summed E-state index contributed by atoms with van der Waals surface area (Å²) in [6.07, 6.45) is 0.729. The van der Waals surface area contributed by atoms with Gasteiger partial charge in [0.2, 0.25) is 6.79 Å². The van der Waals surface area contributed by atoms with Crippen molar-refractivity contribution in [3.8, 4) is 11.5 Å². The number of amides is 1. The van der Waals surface area contributed by atoms with E-state index in [1.165, 1.54) is 16.9 Å². The van der Waals surface area contributed by atoms with E-state index in [1.807, 2.05) is 18.2 Å². The quantitative estimate of drug-likeness (QED) is 0.543. The lowest BCUT2D eigenvalue weighted by molar-refractivity contribution is 0.0526. The third-order valence-corrected chi connectivity index (χ3v) is 6.86. The molecule has 2 aliphatic heterocycles. The van der Waals surface area contributed by atoms with Crippen LogP contribution in [0.25, 0.3) is 0 Å². The Morgan fingerprint density at radius 2 is 1.94 bits per heavy atom. The fourth-order valence-corrected chi connectivity index (χ4v) is 5.43. The lowest BCUT2D eigenvalue weighted by atomic mass is 10.0. The second-order valence-electron chi connectivity index (χ2n) is 7.90. The number of carbonyl (C=O) groups is 2. The largest absolute Gasteiger partial charge is 0.462 e. The monoisotopic (exact) mass is 464 g/mol. The Labute approximate surface area is 195 Å². The summed E-state index contributed by atoms with van der Waals surface area (Å²) >= 11 is 1.45. The van der Waals surface area contributed by atoms with Gasteiger partial charge in [-0.05, 0) is 42.7 Å². The number of hydrogen-bond acceptors (Lipinski definition) is 7. The van der Waals surface area contributed by atoms with Crippen LogP contribution in [-0.4, -0.2) is 36.7 Å². The average molecular weight is 465 g/mol. The number of nitrogens with one attached hydrogen (secondary N) is 1. The standard InChI is InChI=1S/C25H24N2O5S/c1-2-30-25(29)22-18-10-11-27(13-16-6-4-3-5-7-16)14-21(18)33-24(22)26-23(28)17-8-9-19-20(12-17)32-15-31-19/h3-9,12H,2,10-11,13-15H2,1H3,(H,26,28). The van der Waals surface area contributed by atoms with Crippen molar-refractivity contribution in [2.75, 3.05) is 25.3 Å². The van der Waals surface area contributed by atoms with E-state index < -0.39 is 5.97 Å². The van der Waals surface area contributed by atoms with Crippen molar-refractivity contribution in [3.63, 3.8) is 0 Å². The number of carbonyl (C=O) groups excluding carboxylic acids is 2. The first-order chi connectivity index (χ1) is 16.1. The Morgan fingerprint density at radius 1 is 1.12 bits per heavy atom. The molecule has 0 aliphatic carbocycles. The van der Waals surface area contributed by atoms with Crippen LogP contribution >= 0.6 is 11.3 Å². The maximum Gasteiger partial charge on any atom is 0.341 e. The van der Waals surface area contributed by atoms with Gasteiger partial charge < -0.3 is 19.5 Å². The molecule has 3 aromatic rings. The molecule has 2 aromatic carbocycles. The molecule has 0 unspecified atom stereocenters. The van der Waals surface area contributed by atoms with Gasteiger partial charge in [-0.3, -0.25) is 9.69 Å². The molecule has 5 rings (SSSR count). The summed E-state index contributed by atoms with van der Waals surface area (Å²) in [6.45, 7) is 4.60. The summed E-state index contributed by atoms with van der Waals surface area (Å²) in [5.41, 5.74) is 3.14. The number of anilines is 1. The highest BCUT2D eigenvalue weighted by Gasteiger charge is 2.30. The summed E-state index contributed by atoms with van der Waals surface area (Å²) in [7, 11) is 0. The first-order valence-electron chi connectivity index (χ1n) is 10.9. The highest BCUT2D eigenvalue weighted by molar-refractivity contribution is 7.17. The van der Waals surface area contributed by atoms with Gasteiger partial charge in [-0.2, -0.15) is 0 Å². The Kier molecular flexibility index (Phi) is 6.02. The van der Waals surface area contributed by atoms with Gasteiger partial charge in [0.1, 0.15) is 5.00 Å². The maximum absolute atomic E-state index is 13.0. The van der Waals surface area contributed by atoms with Gasteiger partial charge in [0, 0.05) is 30.1 Å². The highest BCUT2D eigenvalue weighted by atomic mass is 32.1. The summed E-state index contributed by atoms with van der Waals surface area (Å²) in [4.78, 5) is 29.3. The minimum absolute atomic E-state index is 0.143. The molecule has 8 heteroatoms. The van der Waals surface area contributed by atoms with E-state index >= 15 is 0 Å². The van der Waals surface area contributed by atoms with Crippen LogP contribution in [0.1, 0.15) is 43.6 Å². The molecule has 0 saturated carbocycles. The maximum atomic E-state index is 13.0. The zero-order chi connectivity index (χ0) is 22.8. The van der Waals surface area contributed by atoms with Crippen LogP contribution in [0.15, 0.2) is 48.5 Å². The molecule has 0 spiro atoms. The number of ether oxygens (including phenoxy) is 3. The van der Waals surface area contributed by atoms with Gasteiger partial charge in [0.15, 0.2) is 11.5 Å². The molecule has 0 bridgehead atoms. The number of fused-ring (bicyclic) bond motifs is 2. The predicted octanol–water partition coefficient (Wildman–Crippen LogP) is 4.46. The van der Waals surface area contributed by atoms with Crippen molar-refractivity contribution in [1.82, 2.24) is 4.90 Å². The van der Waals surface area contributed by atoms with Crippen LogP contribution in [0.2, 0.25) is 0 Å². The van der Waals surface area contributed by atoms with Crippen LogP contribution in [0, 0.1) is 0 Å². The van der Waals surface area contributed by atoms with E-state index in [-0.39, 0.29) is 19.3 Å². The fourth-order valence-electron chi connectivity index (χ4n) is 4.15. The van der Waals surface area contributed by atoms with E-state index in [4.69, 9.17) is 14.2 Å². The van der Waals surface area contributed by atoms with Gasteiger partial charge in [-0.1, -0.05) is 30.3 Å². The number of hydrogen-bond donors (Lipinski definition) is 1. The third kappa shape index (κ3) is 4.44. The van der Waals surface area contributed by atoms with Crippen LogP contribution < -0.4 is 14.8 Å². The van der Waals surface area contributed by atoms with Crippen molar-refractivity contribution in [2.24, 2.45) is 0 Å². The minimum atomic E-state index is -0.396. The number of benzene rings is 2. The van der Waals surface area contributed by atoms with E-state index in [0.717, 1.165) is 36.5 Å². The lowest BCUT2D eigenvalue weighted by Gasteiger charge is -2.27. The number of nitrogens with zero attached hydrogens (tertiary/aromatic N) is 1. The predicted molar refractivity (Wildman–Crippen MR) is 125 cm³/mol. The smallest absolute Gasteiger partial charge is 0.341 e. The molecule has 0 radical (unpaired) electrons. The van der Waals surface area contributed by atoms with Gasteiger partial charge in [-0.15, -0.1) is 11.3 Å².